The highest BCUT2D eigenvalue weighted by Crippen LogP contribution is 2.15. The van der Waals surface area contributed by atoms with Crippen molar-refractivity contribution in [2.75, 3.05) is 6.61 Å². The lowest BCUT2D eigenvalue weighted by atomic mass is 10.2. The van der Waals surface area contributed by atoms with Gasteiger partial charge in [-0.25, -0.2) is 9.18 Å². The molecular weight excluding hydrogens is 211 g/mol. The van der Waals surface area contributed by atoms with Crippen molar-refractivity contribution < 1.29 is 19.0 Å². The van der Waals surface area contributed by atoms with Gasteiger partial charge in [-0.1, -0.05) is 6.07 Å². The molecule has 0 aliphatic carbocycles. The summed E-state index contributed by atoms with van der Waals surface area (Å²) in [4.78, 5) is 10.5. The second-order valence-electron chi connectivity index (χ2n) is 3.41. The zero-order valence-corrected chi connectivity index (χ0v) is 9.16. The Labute approximate surface area is 93.2 Å². The quantitative estimate of drug-likeness (QED) is 0.799. The molecule has 0 heterocycles. The van der Waals surface area contributed by atoms with E-state index in [0.29, 0.717) is 11.3 Å². The maximum absolute atomic E-state index is 13.1. The third kappa shape index (κ3) is 3.38. The van der Waals surface area contributed by atoms with Crippen LogP contribution < -0.4 is 4.74 Å². The third-order valence-electron chi connectivity index (χ3n) is 2.12. The van der Waals surface area contributed by atoms with Gasteiger partial charge in [-0.2, -0.15) is 0 Å². The van der Waals surface area contributed by atoms with Gasteiger partial charge in [0.15, 0.2) is 0 Å². The fourth-order valence-corrected chi connectivity index (χ4v) is 1.01. The van der Waals surface area contributed by atoms with Gasteiger partial charge in [0.05, 0.1) is 0 Å². The van der Waals surface area contributed by atoms with Gasteiger partial charge in [-0.15, -0.1) is 0 Å². The number of rotatable bonds is 4. The molecule has 0 aromatic heterocycles. The van der Waals surface area contributed by atoms with Crippen LogP contribution in [0.25, 0.3) is 0 Å². The molecule has 1 aromatic carbocycles. The largest absolute Gasteiger partial charge is 0.489 e. The summed E-state index contributed by atoms with van der Waals surface area (Å²) in [7, 11) is 0. The number of hydrogen-bond acceptors (Lipinski definition) is 2. The second-order valence-corrected chi connectivity index (χ2v) is 3.41. The minimum atomic E-state index is -0.987. The average molecular weight is 224 g/mol. The van der Waals surface area contributed by atoms with Crippen LogP contribution >= 0.6 is 0 Å². The molecule has 0 radical (unpaired) electrons. The van der Waals surface area contributed by atoms with E-state index in [0.717, 1.165) is 0 Å². The molecule has 86 valence electrons. The summed E-state index contributed by atoms with van der Waals surface area (Å²) in [6.07, 6.45) is 1.43. The van der Waals surface area contributed by atoms with Gasteiger partial charge in [0.2, 0.25) is 0 Å². The number of benzene rings is 1. The molecule has 0 atom stereocenters. The third-order valence-corrected chi connectivity index (χ3v) is 2.12. The Bertz CT molecular complexity index is 424. The number of carboxylic acids is 1. The normalized spacial score (nSPS) is 11.3. The summed E-state index contributed by atoms with van der Waals surface area (Å²) in [6, 6.07) is 4.53. The molecule has 4 heteroatoms. The summed E-state index contributed by atoms with van der Waals surface area (Å²) < 4.78 is 18.3. The van der Waals surface area contributed by atoms with E-state index in [1.165, 1.54) is 19.1 Å². The second kappa shape index (κ2) is 5.30. The van der Waals surface area contributed by atoms with Crippen LogP contribution in [0.1, 0.15) is 12.5 Å². The van der Waals surface area contributed by atoms with Crippen LogP contribution in [0.5, 0.6) is 5.75 Å². The van der Waals surface area contributed by atoms with E-state index in [9.17, 15) is 9.18 Å². The molecular formula is C12H13FO3. The molecule has 0 bridgehead atoms. The van der Waals surface area contributed by atoms with E-state index in [1.807, 2.05) is 0 Å². The summed E-state index contributed by atoms with van der Waals surface area (Å²) in [5, 5.41) is 8.58. The molecule has 1 N–H and O–H groups in total. The standard InChI is InChI=1S/C12H13FO3/c1-8-3-4-10(7-11(8)13)16-6-5-9(2)12(14)15/h3-5,7H,6H2,1-2H3,(H,14,15)/b9-5-. The van der Waals surface area contributed by atoms with Crippen molar-refractivity contribution in [2.45, 2.75) is 13.8 Å². The van der Waals surface area contributed by atoms with Crippen molar-refractivity contribution in [1.29, 1.82) is 0 Å². The molecule has 0 aliphatic heterocycles. The molecule has 0 amide bonds. The van der Waals surface area contributed by atoms with Crippen molar-refractivity contribution in [1.82, 2.24) is 0 Å². The van der Waals surface area contributed by atoms with Crippen LogP contribution in [0.4, 0.5) is 4.39 Å². The van der Waals surface area contributed by atoms with Crippen LogP contribution in [-0.2, 0) is 4.79 Å². The monoisotopic (exact) mass is 224 g/mol. The first-order chi connectivity index (χ1) is 7.50. The lowest BCUT2D eigenvalue weighted by Crippen LogP contribution is -2.01. The van der Waals surface area contributed by atoms with E-state index in [-0.39, 0.29) is 18.0 Å². The van der Waals surface area contributed by atoms with Crippen molar-refractivity contribution in [3.8, 4) is 5.75 Å². The lowest BCUT2D eigenvalue weighted by molar-refractivity contribution is -0.132. The van der Waals surface area contributed by atoms with Gasteiger partial charge in [0, 0.05) is 11.6 Å². The molecule has 0 spiro atoms. The van der Waals surface area contributed by atoms with Crippen molar-refractivity contribution >= 4 is 5.97 Å². The van der Waals surface area contributed by atoms with E-state index in [1.54, 1.807) is 19.1 Å². The molecule has 0 aliphatic rings. The van der Waals surface area contributed by atoms with Crippen LogP contribution in [0.3, 0.4) is 0 Å². The lowest BCUT2D eigenvalue weighted by Gasteiger charge is -2.04. The van der Waals surface area contributed by atoms with E-state index >= 15 is 0 Å². The molecule has 1 aromatic rings. The zero-order valence-electron chi connectivity index (χ0n) is 9.16. The van der Waals surface area contributed by atoms with Crippen LogP contribution in [0.2, 0.25) is 0 Å². The predicted octanol–water partition coefficient (Wildman–Crippen LogP) is 2.54. The van der Waals surface area contributed by atoms with Crippen LogP contribution in [0, 0.1) is 12.7 Å². The fourth-order valence-electron chi connectivity index (χ4n) is 1.01. The number of hydrogen-bond donors (Lipinski definition) is 1. The summed E-state index contributed by atoms with van der Waals surface area (Å²) in [5.41, 5.74) is 0.747. The number of carbonyl (C=O) groups is 1. The Balaban J connectivity index is 2.59. The Kier molecular flexibility index (Phi) is 4.05. The van der Waals surface area contributed by atoms with Crippen LogP contribution in [0.15, 0.2) is 29.8 Å². The highest BCUT2D eigenvalue weighted by molar-refractivity contribution is 5.85. The number of carboxylic acid groups (broad SMARTS) is 1. The summed E-state index contributed by atoms with van der Waals surface area (Å²) in [5.74, 6) is -0.937. The highest BCUT2D eigenvalue weighted by atomic mass is 19.1. The number of aliphatic carboxylic acids is 1. The predicted molar refractivity (Wildman–Crippen MR) is 58.0 cm³/mol. The Morgan fingerprint density at radius 1 is 1.56 bits per heavy atom. The minimum absolute atomic E-state index is 0.112. The first-order valence-corrected chi connectivity index (χ1v) is 4.79. The van der Waals surface area contributed by atoms with Gasteiger partial charge in [-0.3, -0.25) is 0 Å². The highest BCUT2D eigenvalue weighted by Gasteiger charge is 2.01. The van der Waals surface area contributed by atoms with Gasteiger partial charge in [-0.05, 0) is 31.6 Å². The Hall–Kier alpha value is -1.84. The maximum atomic E-state index is 13.1. The minimum Gasteiger partial charge on any atom is -0.489 e. The summed E-state index contributed by atoms with van der Waals surface area (Å²) in [6.45, 7) is 3.25. The van der Waals surface area contributed by atoms with E-state index in [4.69, 9.17) is 9.84 Å². The number of ether oxygens (including phenoxy) is 1. The molecule has 1 rings (SSSR count). The van der Waals surface area contributed by atoms with Gasteiger partial charge in [0.1, 0.15) is 18.2 Å². The smallest absolute Gasteiger partial charge is 0.331 e. The molecule has 3 nitrogen and oxygen atoms in total. The molecule has 0 fully saturated rings. The zero-order chi connectivity index (χ0) is 12.1. The Morgan fingerprint density at radius 3 is 2.81 bits per heavy atom. The average Bonchev–Trinajstić information content (AvgIpc) is 2.23. The van der Waals surface area contributed by atoms with Crippen molar-refractivity contribution in [3.63, 3.8) is 0 Å². The van der Waals surface area contributed by atoms with Crippen LogP contribution in [-0.4, -0.2) is 17.7 Å². The van der Waals surface area contributed by atoms with Crippen molar-refractivity contribution in [2.24, 2.45) is 0 Å². The van der Waals surface area contributed by atoms with Gasteiger partial charge < -0.3 is 9.84 Å². The SMILES string of the molecule is C/C(=C/COc1ccc(C)c(F)c1)C(=O)O. The van der Waals surface area contributed by atoms with Crippen molar-refractivity contribution in [3.05, 3.63) is 41.2 Å². The Morgan fingerprint density at radius 2 is 2.25 bits per heavy atom. The fraction of sp³-hybridized carbons (Fsp3) is 0.250. The first-order valence-electron chi connectivity index (χ1n) is 4.79. The molecule has 0 unspecified atom stereocenters. The van der Waals surface area contributed by atoms with E-state index in [2.05, 4.69) is 0 Å². The number of aryl methyl sites for hydroxylation is 1. The molecule has 0 saturated heterocycles. The van der Waals surface area contributed by atoms with Gasteiger partial charge in [0.25, 0.3) is 0 Å². The topological polar surface area (TPSA) is 46.5 Å². The number of halogens is 1. The maximum Gasteiger partial charge on any atom is 0.331 e. The summed E-state index contributed by atoms with van der Waals surface area (Å²) >= 11 is 0. The first kappa shape index (κ1) is 12.2. The van der Waals surface area contributed by atoms with E-state index < -0.39 is 5.97 Å². The molecule has 16 heavy (non-hydrogen) atoms. The molecule has 0 saturated carbocycles. The van der Waals surface area contributed by atoms with Gasteiger partial charge >= 0.3 is 5.97 Å².